The van der Waals surface area contributed by atoms with Crippen LogP contribution in [0.1, 0.15) is 36.8 Å². The number of nitrogens with one attached hydrogen (secondary N) is 1. The number of aromatic hydroxyl groups is 1. The standard InChI is InChI=1S/C22H24ClNO6/c1-13(24-20(26)11-16(22(29)30)12-21(27)28)19(15-4-8-18(25)9-5-15)10-14-2-6-17(23)7-3-14/h2-9,13,16,19,25H,10-12H2,1H3,(H,24,26)(H,27,28)(H,29,30). The second kappa shape index (κ2) is 10.6. The lowest BCUT2D eigenvalue weighted by Gasteiger charge is -2.26. The van der Waals surface area contributed by atoms with Gasteiger partial charge in [0.15, 0.2) is 0 Å². The van der Waals surface area contributed by atoms with Crippen LogP contribution in [0.2, 0.25) is 5.02 Å². The molecule has 3 atom stereocenters. The van der Waals surface area contributed by atoms with Crippen LogP contribution in [-0.2, 0) is 20.8 Å². The lowest BCUT2D eigenvalue weighted by Crippen LogP contribution is -2.39. The number of hydrogen-bond donors (Lipinski definition) is 4. The molecule has 1 amide bonds. The first-order valence-corrected chi connectivity index (χ1v) is 9.80. The Balaban J connectivity index is 2.16. The number of rotatable bonds is 10. The summed E-state index contributed by atoms with van der Waals surface area (Å²) in [6, 6.07) is 13.6. The molecule has 0 aliphatic rings. The first kappa shape index (κ1) is 23.2. The Morgan fingerprint density at radius 3 is 2.10 bits per heavy atom. The van der Waals surface area contributed by atoms with Gasteiger partial charge in [-0.3, -0.25) is 14.4 Å². The molecule has 0 spiro atoms. The first-order chi connectivity index (χ1) is 14.2. The summed E-state index contributed by atoms with van der Waals surface area (Å²) in [6.45, 7) is 1.80. The van der Waals surface area contributed by atoms with Gasteiger partial charge >= 0.3 is 11.9 Å². The van der Waals surface area contributed by atoms with E-state index in [-0.39, 0.29) is 17.7 Å². The van der Waals surface area contributed by atoms with E-state index < -0.39 is 36.6 Å². The molecule has 30 heavy (non-hydrogen) atoms. The third kappa shape index (κ3) is 7.08. The molecule has 3 unspecified atom stereocenters. The average molecular weight is 434 g/mol. The number of amides is 1. The number of phenols is 1. The molecule has 8 heteroatoms. The normalized spacial score (nSPS) is 13.8. The lowest BCUT2D eigenvalue weighted by molar-refractivity contribution is -0.149. The number of hydrogen-bond acceptors (Lipinski definition) is 4. The van der Waals surface area contributed by atoms with Crippen LogP contribution >= 0.6 is 11.6 Å². The third-order valence-corrected chi connectivity index (χ3v) is 5.14. The van der Waals surface area contributed by atoms with Crippen LogP contribution in [0.3, 0.4) is 0 Å². The van der Waals surface area contributed by atoms with E-state index in [9.17, 15) is 19.5 Å². The zero-order chi connectivity index (χ0) is 22.3. The molecule has 0 aliphatic carbocycles. The van der Waals surface area contributed by atoms with Gasteiger partial charge in [-0.25, -0.2) is 0 Å². The van der Waals surface area contributed by atoms with Crippen molar-refractivity contribution in [2.24, 2.45) is 5.92 Å². The van der Waals surface area contributed by atoms with Gasteiger partial charge in [0.2, 0.25) is 5.91 Å². The predicted octanol–water partition coefficient (Wildman–Crippen LogP) is 3.44. The minimum Gasteiger partial charge on any atom is -0.508 e. The van der Waals surface area contributed by atoms with Crippen LogP contribution in [0.4, 0.5) is 0 Å². The summed E-state index contributed by atoms with van der Waals surface area (Å²) >= 11 is 5.95. The topological polar surface area (TPSA) is 124 Å². The van der Waals surface area contributed by atoms with E-state index in [1.165, 1.54) is 0 Å². The molecule has 2 aromatic carbocycles. The van der Waals surface area contributed by atoms with Crippen LogP contribution in [0.5, 0.6) is 5.75 Å². The summed E-state index contributed by atoms with van der Waals surface area (Å²) in [5.41, 5.74) is 1.88. The highest BCUT2D eigenvalue weighted by molar-refractivity contribution is 6.30. The van der Waals surface area contributed by atoms with Crippen molar-refractivity contribution in [3.05, 3.63) is 64.7 Å². The van der Waals surface area contributed by atoms with Crippen molar-refractivity contribution in [1.29, 1.82) is 0 Å². The zero-order valence-corrected chi connectivity index (χ0v) is 17.2. The largest absolute Gasteiger partial charge is 0.508 e. The quantitative estimate of drug-likeness (QED) is 0.455. The van der Waals surface area contributed by atoms with Crippen molar-refractivity contribution in [2.75, 3.05) is 0 Å². The highest BCUT2D eigenvalue weighted by Gasteiger charge is 2.27. The average Bonchev–Trinajstić information content (AvgIpc) is 2.67. The van der Waals surface area contributed by atoms with E-state index >= 15 is 0 Å². The molecule has 0 heterocycles. The Morgan fingerprint density at radius 2 is 1.57 bits per heavy atom. The Hall–Kier alpha value is -3.06. The third-order valence-electron chi connectivity index (χ3n) is 4.88. The van der Waals surface area contributed by atoms with Gasteiger partial charge in [-0.2, -0.15) is 0 Å². The molecule has 0 aliphatic heterocycles. The minimum absolute atomic E-state index is 0.124. The van der Waals surface area contributed by atoms with Crippen LogP contribution in [0, 0.1) is 5.92 Å². The van der Waals surface area contributed by atoms with Crippen LogP contribution in [0.25, 0.3) is 0 Å². The van der Waals surface area contributed by atoms with Gasteiger partial charge in [-0.15, -0.1) is 0 Å². The molecular formula is C22H24ClNO6. The number of carbonyl (C=O) groups excluding carboxylic acids is 1. The Bertz CT molecular complexity index is 882. The Kier molecular flexibility index (Phi) is 8.24. The van der Waals surface area contributed by atoms with Crippen molar-refractivity contribution >= 4 is 29.4 Å². The fourth-order valence-electron chi connectivity index (χ4n) is 3.27. The van der Waals surface area contributed by atoms with Gasteiger partial charge in [0.25, 0.3) is 0 Å². The van der Waals surface area contributed by atoms with E-state index in [1.54, 1.807) is 43.3 Å². The van der Waals surface area contributed by atoms with Crippen molar-refractivity contribution in [3.63, 3.8) is 0 Å². The van der Waals surface area contributed by atoms with Crippen molar-refractivity contribution < 1.29 is 29.7 Å². The molecule has 7 nitrogen and oxygen atoms in total. The second-order valence-electron chi connectivity index (χ2n) is 7.22. The Labute approximate surface area is 179 Å². The van der Waals surface area contributed by atoms with E-state index in [2.05, 4.69) is 5.32 Å². The number of carboxylic acid groups (broad SMARTS) is 2. The molecule has 4 N–H and O–H groups in total. The fraction of sp³-hybridized carbons (Fsp3) is 0.318. The summed E-state index contributed by atoms with van der Waals surface area (Å²) < 4.78 is 0. The molecule has 0 aromatic heterocycles. The van der Waals surface area contributed by atoms with E-state index in [4.69, 9.17) is 21.8 Å². The lowest BCUT2D eigenvalue weighted by atomic mass is 9.86. The summed E-state index contributed by atoms with van der Waals surface area (Å²) in [6.07, 6.45) is -0.473. The molecule has 0 saturated carbocycles. The summed E-state index contributed by atoms with van der Waals surface area (Å²) in [4.78, 5) is 34.5. The molecule has 0 saturated heterocycles. The highest BCUT2D eigenvalue weighted by atomic mass is 35.5. The van der Waals surface area contributed by atoms with E-state index in [0.717, 1.165) is 11.1 Å². The van der Waals surface area contributed by atoms with Crippen LogP contribution < -0.4 is 5.32 Å². The fourth-order valence-corrected chi connectivity index (χ4v) is 3.40. The Morgan fingerprint density at radius 1 is 0.967 bits per heavy atom. The number of phenolic OH excluding ortho intramolecular Hbond substituents is 1. The van der Waals surface area contributed by atoms with Crippen molar-refractivity contribution in [3.8, 4) is 5.75 Å². The number of aliphatic carboxylic acids is 2. The maximum atomic E-state index is 12.4. The summed E-state index contributed by atoms with van der Waals surface area (Å²) in [5.74, 6) is -4.46. The van der Waals surface area contributed by atoms with Gasteiger partial charge in [-0.1, -0.05) is 35.9 Å². The van der Waals surface area contributed by atoms with E-state index in [0.29, 0.717) is 11.4 Å². The minimum atomic E-state index is -1.32. The molecule has 0 fully saturated rings. The summed E-state index contributed by atoms with van der Waals surface area (Å²) in [7, 11) is 0. The summed E-state index contributed by atoms with van der Waals surface area (Å²) in [5, 5.41) is 31.0. The van der Waals surface area contributed by atoms with Crippen LogP contribution in [0.15, 0.2) is 48.5 Å². The smallest absolute Gasteiger partial charge is 0.307 e. The van der Waals surface area contributed by atoms with Gasteiger partial charge in [0.05, 0.1) is 12.3 Å². The molecule has 0 bridgehead atoms. The number of halogens is 1. The van der Waals surface area contributed by atoms with Gasteiger partial charge in [-0.05, 0) is 48.7 Å². The first-order valence-electron chi connectivity index (χ1n) is 9.43. The molecule has 160 valence electrons. The molecule has 0 radical (unpaired) electrons. The number of benzene rings is 2. The monoisotopic (exact) mass is 433 g/mol. The SMILES string of the molecule is CC(NC(=O)CC(CC(=O)O)C(=O)O)C(Cc1ccc(Cl)cc1)c1ccc(O)cc1. The second-order valence-corrected chi connectivity index (χ2v) is 7.66. The van der Waals surface area contributed by atoms with Crippen molar-refractivity contribution in [2.45, 2.75) is 38.1 Å². The maximum absolute atomic E-state index is 12.4. The zero-order valence-electron chi connectivity index (χ0n) is 16.4. The van der Waals surface area contributed by atoms with Crippen molar-refractivity contribution in [1.82, 2.24) is 5.32 Å². The highest BCUT2D eigenvalue weighted by Crippen LogP contribution is 2.27. The maximum Gasteiger partial charge on any atom is 0.307 e. The number of carbonyl (C=O) groups is 3. The van der Waals surface area contributed by atoms with Gasteiger partial charge in [0.1, 0.15) is 5.75 Å². The van der Waals surface area contributed by atoms with E-state index in [1.807, 2.05) is 12.1 Å². The van der Waals surface area contributed by atoms with Crippen LogP contribution in [-0.4, -0.2) is 39.2 Å². The van der Waals surface area contributed by atoms with Gasteiger partial charge in [0, 0.05) is 23.4 Å². The molecule has 2 aromatic rings. The molecular weight excluding hydrogens is 410 g/mol. The predicted molar refractivity (Wildman–Crippen MR) is 112 cm³/mol. The number of carboxylic acids is 2. The molecule has 2 rings (SSSR count). The van der Waals surface area contributed by atoms with Gasteiger partial charge < -0.3 is 20.6 Å².